The van der Waals surface area contributed by atoms with E-state index in [1.165, 1.54) is 22.3 Å². The monoisotopic (exact) mass is 475 g/mol. The van der Waals surface area contributed by atoms with E-state index >= 15 is 0 Å². The standard InChI is InChI=1S/C23H20F3N3OS2/c24-23(25,26)19-13-17(28-22-29-20(15-32-22)16-5-3-10-27-14-16)8-9-21(19)30-11-2-1-6-18-7-4-12-31-18/h3-5,7-10,12-15H,1-2,6,11H2,(H,28,29). The van der Waals surface area contributed by atoms with Gasteiger partial charge in [0.25, 0.3) is 0 Å². The van der Waals surface area contributed by atoms with Crippen LogP contribution in [0.3, 0.4) is 0 Å². The summed E-state index contributed by atoms with van der Waals surface area (Å²) in [6.07, 6.45) is 1.29. The first-order valence-electron chi connectivity index (χ1n) is 9.98. The fraction of sp³-hybridized carbons (Fsp3) is 0.217. The van der Waals surface area contributed by atoms with Crippen molar-refractivity contribution in [1.82, 2.24) is 9.97 Å². The highest BCUT2D eigenvalue weighted by Gasteiger charge is 2.34. The molecule has 0 aliphatic rings. The molecule has 0 spiro atoms. The predicted molar refractivity (Wildman–Crippen MR) is 123 cm³/mol. The molecule has 0 saturated heterocycles. The Morgan fingerprint density at radius 1 is 1.03 bits per heavy atom. The number of nitrogens with one attached hydrogen (secondary N) is 1. The maximum atomic E-state index is 13.6. The number of thiazole rings is 1. The van der Waals surface area contributed by atoms with Crippen molar-refractivity contribution in [3.05, 3.63) is 76.1 Å². The van der Waals surface area contributed by atoms with Gasteiger partial charge in [0.05, 0.1) is 17.9 Å². The molecule has 0 fully saturated rings. The zero-order valence-corrected chi connectivity index (χ0v) is 18.6. The molecule has 1 N–H and O–H groups in total. The Balaban J connectivity index is 1.40. The summed E-state index contributed by atoms with van der Waals surface area (Å²) in [5, 5.41) is 7.31. The zero-order chi connectivity index (χ0) is 22.4. The topological polar surface area (TPSA) is 47.0 Å². The Morgan fingerprint density at radius 3 is 2.69 bits per heavy atom. The second kappa shape index (κ2) is 10.1. The fourth-order valence-corrected chi connectivity index (χ4v) is 4.59. The number of aromatic nitrogens is 2. The van der Waals surface area contributed by atoms with Crippen molar-refractivity contribution in [3.8, 4) is 17.0 Å². The number of ether oxygens (including phenoxy) is 1. The molecular weight excluding hydrogens is 455 g/mol. The Kier molecular flexibility index (Phi) is 7.06. The number of aryl methyl sites for hydroxylation is 1. The van der Waals surface area contributed by atoms with Crippen LogP contribution in [0.25, 0.3) is 11.3 Å². The maximum absolute atomic E-state index is 13.6. The van der Waals surface area contributed by atoms with E-state index < -0.39 is 11.7 Å². The van der Waals surface area contributed by atoms with Gasteiger partial charge < -0.3 is 10.1 Å². The van der Waals surface area contributed by atoms with Gasteiger partial charge >= 0.3 is 6.18 Å². The van der Waals surface area contributed by atoms with Crippen molar-refractivity contribution < 1.29 is 17.9 Å². The fourth-order valence-electron chi connectivity index (χ4n) is 3.09. The average Bonchev–Trinajstić information content (AvgIpc) is 3.46. The number of pyridine rings is 1. The van der Waals surface area contributed by atoms with E-state index in [0.29, 0.717) is 22.9 Å². The minimum atomic E-state index is -4.52. The zero-order valence-electron chi connectivity index (χ0n) is 16.9. The van der Waals surface area contributed by atoms with Crippen molar-refractivity contribution in [3.63, 3.8) is 0 Å². The van der Waals surface area contributed by atoms with E-state index in [9.17, 15) is 13.2 Å². The van der Waals surface area contributed by atoms with Gasteiger partial charge in [-0.1, -0.05) is 6.07 Å². The highest BCUT2D eigenvalue weighted by molar-refractivity contribution is 7.14. The number of alkyl halides is 3. The first-order valence-corrected chi connectivity index (χ1v) is 11.7. The van der Waals surface area contributed by atoms with E-state index in [0.717, 1.165) is 24.5 Å². The van der Waals surface area contributed by atoms with Crippen LogP contribution in [0.1, 0.15) is 23.3 Å². The van der Waals surface area contributed by atoms with E-state index in [4.69, 9.17) is 4.74 Å². The molecule has 3 heterocycles. The SMILES string of the molecule is FC(F)(F)c1cc(Nc2nc(-c3cccnc3)cs2)ccc1OCCCCc1cccs1. The molecule has 0 amide bonds. The van der Waals surface area contributed by atoms with Crippen LogP contribution in [0, 0.1) is 0 Å². The van der Waals surface area contributed by atoms with Crippen LogP contribution in [0.15, 0.2) is 65.6 Å². The second-order valence-electron chi connectivity index (χ2n) is 7.00. The van der Waals surface area contributed by atoms with Gasteiger partial charge in [0.2, 0.25) is 0 Å². The lowest BCUT2D eigenvalue weighted by Gasteiger charge is -2.15. The number of thiophene rings is 1. The molecule has 0 aliphatic carbocycles. The average molecular weight is 476 g/mol. The number of unbranched alkanes of at least 4 members (excludes halogenated alkanes) is 1. The molecule has 4 aromatic rings. The summed E-state index contributed by atoms with van der Waals surface area (Å²) in [5.74, 6) is -0.158. The summed E-state index contributed by atoms with van der Waals surface area (Å²) in [6.45, 7) is 0.238. The Bertz CT molecular complexity index is 1130. The second-order valence-corrected chi connectivity index (χ2v) is 8.89. The Morgan fingerprint density at radius 2 is 1.94 bits per heavy atom. The molecule has 0 unspecified atom stereocenters. The first-order chi connectivity index (χ1) is 15.5. The molecule has 9 heteroatoms. The lowest BCUT2D eigenvalue weighted by molar-refractivity contribution is -0.138. The summed E-state index contributed by atoms with van der Waals surface area (Å²) >= 11 is 2.99. The van der Waals surface area contributed by atoms with Crippen LogP contribution < -0.4 is 10.1 Å². The van der Waals surface area contributed by atoms with Gasteiger partial charge in [0, 0.05) is 33.9 Å². The number of anilines is 2. The molecule has 4 rings (SSSR count). The van der Waals surface area contributed by atoms with E-state index in [2.05, 4.69) is 21.4 Å². The Hall–Kier alpha value is -2.91. The summed E-state index contributed by atoms with van der Waals surface area (Å²) in [6, 6.07) is 11.7. The lowest BCUT2D eigenvalue weighted by atomic mass is 10.1. The molecule has 166 valence electrons. The lowest BCUT2D eigenvalue weighted by Crippen LogP contribution is -2.10. The molecule has 0 radical (unpaired) electrons. The quantitative estimate of drug-likeness (QED) is 0.256. The largest absolute Gasteiger partial charge is 0.493 e. The highest BCUT2D eigenvalue weighted by atomic mass is 32.1. The first kappa shape index (κ1) is 22.3. The number of halogens is 3. The molecular formula is C23H20F3N3OS2. The summed E-state index contributed by atoms with van der Waals surface area (Å²) < 4.78 is 46.4. The van der Waals surface area contributed by atoms with Crippen molar-refractivity contribution in [2.45, 2.75) is 25.4 Å². The summed E-state index contributed by atoms with van der Waals surface area (Å²) in [4.78, 5) is 9.76. The van der Waals surface area contributed by atoms with E-state index in [1.54, 1.807) is 35.9 Å². The van der Waals surface area contributed by atoms with Crippen molar-refractivity contribution in [1.29, 1.82) is 0 Å². The Labute approximate surface area is 191 Å². The van der Waals surface area contributed by atoms with Gasteiger partial charge in [0.15, 0.2) is 5.13 Å². The third-order valence-electron chi connectivity index (χ3n) is 4.65. The van der Waals surface area contributed by atoms with Gasteiger partial charge in [-0.3, -0.25) is 4.98 Å². The van der Waals surface area contributed by atoms with E-state index in [-0.39, 0.29) is 12.4 Å². The van der Waals surface area contributed by atoms with Crippen molar-refractivity contribution in [2.75, 3.05) is 11.9 Å². The number of hydrogen-bond acceptors (Lipinski definition) is 6. The van der Waals surface area contributed by atoms with Crippen LogP contribution in [0.2, 0.25) is 0 Å². The maximum Gasteiger partial charge on any atom is 0.420 e. The van der Waals surface area contributed by atoms with Gasteiger partial charge in [-0.05, 0) is 61.0 Å². The number of hydrogen-bond donors (Lipinski definition) is 1. The van der Waals surface area contributed by atoms with Gasteiger partial charge in [0.1, 0.15) is 5.75 Å². The van der Waals surface area contributed by atoms with Crippen LogP contribution in [-0.4, -0.2) is 16.6 Å². The molecule has 1 aromatic carbocycles. The number of benzene rings is 1. The molecule has 32 heavy (non-hydrogen) atoms. The van der Waals surface area contributed by atoms with Crippen molar-refractivity contribution in [2.24, 2.45) is 0 Å². The van der Waals surface area contributed by atoms with E-state index in [1.807, 2.05) is 22.9 Å². The van der Waals surface area contributed by atoms with Crippen LogP contribution in [-0.2, 0) is 12.6 Å². The molecule has 4 nitrogen and oxygen atoms in total. The third kappa shape index (κ3) is 5.86. The van der Waals surface area contributed by atoms with Gasteiger partial charge in [-0.25, -0.2) is 4.98 Å². The number of nitrogens with zero attached hydrogens (tertiary/aromatic N) is 2. The van der Waals surface area contributed by atoms with Crippen LogP contribution in [0.5, 0.6) is 5.75 Å². The molecule has 3 aromatic heterocycles. The highest BCUT2D eigenvalue weighted by Crippen LogP contribution is 2.39. The molecule has 0 saturated carbocycles. The smallest absolute Gasteiger partial charge is 0.420 e. The summed E-state index contributed by atoms with van der Waals surface area (Å²) in [7, 11) is 0. The molecule has 0 bridgehead atoms. The van der Waals surface area contributed by atoms with Crippen molar-refractivity contribution >= 4 is 33.5 Å². The minimum absolute atomic E-state index is 0.158. The van der Waals surface area contributed by atoms with Gasteiger partial charge in [-0.2, -0.15) is 13.2 Å². The molecule has 0 aliphatic heterocycles. The predicted octanol–water partition coefficient (Wildman–Crippen LogP) is 7.43. The normalized spacial score (nSPS) is 11.5. The summed E-state index contributed by atoms with van der Waals surface area (Å²) in [5.41, 5.74) is 1.05. The van der Waals surface area contributed by atoms with Crippen LogP contribution in [0.4, 0.5) is 24.0 Å². The number of rotatable bonds is 9. The van der Waals surface area contributed by atoms with Gasteiger partial charge in [-0.15, -0.1) is 22.7 Å². The molecule has 0 atom stereocenters. The minimum Gasteiger partial charge on any atom is -0.493 e. The van der Waals surface area contributed by atoms with Crippen LogP contribution >= 0.6 is 22.7 Å². The third-order valence-corrected chi connectivity index (χ3v) is 6.35.